The molecule has 0 saturated heterocycles. The van der Waals surface area contributed by atoms with Gasteiger partial charge in [0.2, 0.25) is 0 Å². The maximum absolute atomic E-state index is 11.9. The van der Waals surface area contributed by atoms with E-state index < -0.39 is 0 Å². The first kappa shape index (κ1) is 14.8. The number of nitrogens with two attached hydrogens (primary N) is 1. The normalized spacial score (nSPS) is 10.8. The summed E-state index contributed by atoms with van der Waals surface area (Å²) >= 11 is 1.24. The van der Waals surface area contributed by atoms with E-state index in [-0.39, 0.29) is 4.87 Å². The molecule has 0 aliphatic heterocycles. The van der Waals surface area contributed by atoms with Gasteiger partial charge in [-0.1, -0.05) is 11.3 Å². The molecule has 2 rings (SSSR count). The first-order valence-electron chi connectivity index (χ1n) is 6.70. The summed E-state index contributed by atoms with van der Waals surface area (Å²) in [6.45, 7) is 3.39. The molecule has 0 aliphatic carbocycles. The lowest BCUT2D eigenvalue weighted by Gasteiger charge is -2.10. The number of rotatable bonds is 6. The molecule has 1 aromatic carbocycles. The lowest BCUT2D eigenvalue weighted by atomic mass is 10.1. The third-order valence-corrected chi connectivity index (χ3v) is 4.07. The molecule has 20 heavy (non-hydrogen) atoms. The SMILES string of the molecule is COc1ccc(-c2csc(=O)n2CCCCN)cc1C. The van der Waals surface area contributed by atoms with Crippen LogP contribution in [0.1, 0.15) is 18.4 Å². The Balaban J connectivity index is 2.33. The summed E-state index contributed by atoms with van der Waals surface area (Å²) in [7, 11) is 1.66. The van der Waals surface area contributed by atoms with Gasteiger partial charge in [-0.3, -0.25) is 9.36 Å². The zero-order valence-electron chi connectivity index (χ0n) is 11.9. The van der Waals surface area contributed by atoms with Crippen LogP contribution in [0.5, 0.6) is 5.75 Å². The van der Waals surface area contributed by atoms with Gasteiger partial charge in [-0.25, -0.2) is 0 Å². The number of aryl methyl sites for hydroxylation is 1. The lowest BCUT2D eigenvalue weighted by molar-refractivity contribution is 0.412. The number of aromatic nitrogens is 1. The molecule has 0 spiro atoms. The number of hydrogen-bond donors (Lipinski definition) is 1. The standard InChI is InChI=1S/C15H20N2O2S/c1-11-9-12(5-6-14(11)19-2)13-10-20-15(18)17(13)8-4-3-7-16/h5-6,9-10H,3-4,7-8,16H2,1-2H3. The van der Waals surface area contributed by atoms with Gasteiger partial charge in [-0.2, -0.15) is 0 Å². The van der Waals surface area contributed by atoms with Crippen LogP contribution in [0.25, 0.3) is 11.3 Å². The predicted molar refractivity (Wildman–Crippen MR) is 83.6 cm³/mol. The number of thiazole rings is 1. The van der Waals surface area contributed by atoms with E-state index in [4.69, 9.17) is 10.5 Å². The summed E-state index contributed by atoms with van der Waals surface area (Å²) in [5.74, 6) is 0.862. The fourth-order valence-corrected chi connectivity index (χ4v) is 3.01. The van der Waals surface area contributed by atoms with E-state index >= 15 is 0 Å². The molecular formula is C15H20N2O2S. The van der Waals surface area contributed by atoms with E-state index in [0.29, 0.717) is 6.54 Å². The van der Waals surface area contributed by atoms with Crippen LogP contribution in [0, 0.1) is 6.92 Å². The van der Waals surface area contributed by atoms with Crippen molar-refractivity contribution in [2.24, 2.45) is 5.73 Å². The Morgan fingerprint density at radius 2 is 2.15 bits per heavy atom. The van der Waals surface area contributed by atoms with Crippen molar-refractivity contribution in [1.82, 2.24) is 4.57 Å². The van der Waals surface area contributed by atoms with Gasteiger partial charge in [0.25, 0.3) is 0 Å². The molecule has 108 valence electrons. The van der Waals surface area contributed by atoms with Gasteiger partial charge in [0.1, 0.15) is 5.75 Å². The first-order chi connectivity index (χ1) is 9.67. The molecule has 0 unspecified atom stereocenters. The van der Waals surface area contributed by atoms with Gasteiger partial charge in [0.15, 0.2) is 0 Å². The number of ether oxygens (including phenoxy) is 1. The Morgan fingerprint density at radius 1 is 1.35 bits per heavy atom. The van der Waals surface area contributed by atoms with Crippen molar-refractivity contribution < 1.29 is 4.74 Å². The Morgan fingerprint density at radius 3 is 2.80 bits per heavy atom. The van der Waals surface area contributed by atoms with Crippen LogP contribution in [0.3, 0.4) is 0 Å². The molecule has 2 aromatic rings. The van der Waals surface area contributed by atoms with Crippen molar-refractivity contribution in [2.45, 2.75) is 26.3 Å². The highest BCUT2D eigenvalue weighted by atomic mass is 32.1. The van der Waals surface area contributed by atoms with Gasteiger partial charge in [-0.05, 0) is 55.6 Å². The third-order valence-electron chi connectivity index (χ3n) is 3.31. The highest BCUT2D eigenvalue weighted by Crippen LogP contribution is 2.26. The summed E-state index contributed by atoms with van der Waals surface area (Å²) in [4.78, 5) is 12.0. The summed E-state index contributed by atoms with van der Waals surface area (Å²) in [5, 5.41) is 1.92. The van der Waals surface area contributed by atoms with Crippen LogP contribution in [-0.2, 0) is 6.54 Å². The molecule has 0 amide bonds. The monoisotopic (exact) mass is 292 g/mol. The number of benzene rings is 1. The van der Waals surface area contributed by atoms with Crippen LogP contribution >= 0.6 is 11.3 Å². The zero-order valence-corrected chi connectivity index (χ0v) is 12.7. The molecule has 4 nitrogen and oxygen atoms in total. The van der Waals surface area contributed by atoms with Crippen molar-refractivity contribution in [3.8, 4) is 17.0 Å². The van der Waals surface area contributed by atoms with Crippen molar-refractivity contribution in [3.63, 3.8) is 0 Å². The fraction of sp³-hybridized carbons (Fsp3) is 0.400. The van der Waals surface area contributed by atoms with E-state index in [2.05, 4.69) is 6.07 Å². The van der Waals surface area contributed by atoms with Gasteiger partial charge in [-0.15, -0.1) is 0 Å². The number of methoxy groups -OCH3 is 1. The molecule has 0 bridgehead atoms. The van der Waals surface area contributed by atoms with Crippen molar-refractivity contribution in [1.29, 1.82) is 0 Å². The first-order valence-corrected chi connectivity index (χ1v) is 7.58. The average molecular weight is 292 g/mol. The van der Waals surface area contributed by atoms with E-state index in [1.54, 1.807) is 7.11 Å². The van der Waals surface area contributed by atoms with Crippen molar-refractivity contribution in [3.05, 3.63) is 38.8 Å². The number of hydrogen-bond acceptors (Lipinski definition) is 4. The van der Waals surface area contributed by atoms with E-state index in [1.807, 2.05) is 29.0 Å². The number of nitrogens with zero attached hydrogens (tertiary/aromatic N) is 1. The maximum atomic E-state index is 11.9. The number of unbranched alkanes of at least 4 members (excludes halogenated alkanes) is 1. The Bertz CT molecular complexity index is 631. The van der Waals surface area contributed by atoms with Crippen LogP contribution < -0.4 is 15.3 Å². The summed E-state index contributed by atoms with van der Waals surface area (Å²) in [6.07, 6.45) is 1.86. The van der Waals surface area contributed by atoms with Gasteiger partial charge >= 0.3 is 4.87 Å². The fourth-order valence-electron chi connectivity index (χ4n) is 2.22. The molecule has 1 heterocycles. The Kier molecular flexibility index (Phi) is 4.98. The molecular weight excluding hydrogens is 272 g/mol. The van der Waals surface area contributed by atoms with Gasteiger partial charge in [0, 0.05) is 11.9 Å². The second kappa shape index (κ2) is 6.72. The average Bonchev–Trinajstić information content (AvgIpc) is 2.80. The molecule has 0 saturated carbocycles. The van der Waals surface area contributed by atoms with Crippen molar-refractivity contribution in [2.75, 3.05) is 13.7 Å². The molecule has 0 aliphatic rings. The van der Waals surface area contributed by atoms with Gasteiger partial charge < -0.3 is 10.5 Å². The van der Waals surface area contributed by atoms with Crippen LogP contribution in [-0.4, -0.2) is 18.2 Å². The second-order valence-corrected chi connectivity index (χ2v) is 5.54. The Labute approximate surface area is 122 Å². The molecule has 5 heteroatoms. The molecule has 0 radical (unpaired) electrons. The minimum Gasteiger partial charge on any atom is -0.496 e. The zero-order chi connectivity index (χ0) is 14.5. The van der Waals surface area contributed by atoms with Crippen LogP contribution in [0.2, 0.25) is 0 Å². The minimum atomic E-state index is 0.0884. The van der Waals surface area contributed by atoms with E-state index in [9.17, 15) is 4.79 Å². The van der Waals surface area contributed by atoms with E-state index in [1.165, 1.54) is 11.3 Å². The van der Waals surface area contributed by atoms with E-state index in [0.717, 1.165) is 42.0 Å². The lowest BCUT2D eigenvalue weighted by Crippen LogP contribution is -2.15. The smallest absolute Gasteiger partial charge is 0.307 e. The van der Waals surface area contributed by atoms with Crippen LogP contribution in [0.15, 0.2) is 28.4 Å². The highest BCUT2D eigenvalue weighted by molar-refractivity contribution is 7.07. The second-order valence-electron chi connectivity index (χ2n) is 4.72. The van der Waals surface area contributed by atoms with Gasteiger partial charge in [0.05, 0.1) is 12.8 Å². The topological polar surface area (TPSA) is 57.2 Å². The van der Waals surface area contributed by atoms with Crippen molar-refractivity contribution >= 4 is 11.3 Å². The highest BCUT2D eigenvalue weighted by Gasteiger charge is 2.10. The Hall–Kier alpha value is -1.59. The summed E-state index contributed by atoms with van der Waals surface area (Å²) < 4.78 is 7.11. The largest absolute Gasteiger partial charge is 0.496 e. The third kappa shape index (κ3) is 3.11. The maximum Gasteiger partial charge on any atom is 0.307 e. The quantitative estimate of drug-likeness (QED) is 0.833. The minimum absolute atomic E-state index is 0.0884. The molecule has 0 atom stereocenters. The molecule has 1 aromatic heterocycles. The predicted octanol–water partition coefficient (Wildman–Crippen LogP) is 2.63. The summed E-state index contributed by atoms with van der Waals surface area (Å²) in [6, 6.07) is 5.99. The van der Waals surface area contributed by atoms with Crippen LogP contribution in [0.4, 0.5) is 0 Å². The molecule has 0 fully saturated rings. The summed E-state index contributed by atoms with van der Waals surface area (Å²) in [5.41, 5.74) is 8.60. The molecule has 2 N–H and O–H groups in total.